The van der Waals surface area contributed by atoms with Crippen LogP contribution in [0.25, 0.3) is 6.08 Å². The van der Waals surface area contributed by atoms with E-state index in [0.29, 0.717) is 6.54 Å². The minimum absolute atomic E-state index is 0.0353. The Hall–Kier alpha value is -1.81. The van der Waals surface area contributed by atoms with E-state index in [1.54, 1.807) is 6.08 Å². The first-order chi connectivity index (χ1) is 9.32. The van der Waals surface area contributed by atoms with E-state index in [1.165, 1.54) is 0 Å². The number of nitrogens with one attached hydrogen (secondary N) is 2. The topological polar surface area (TPSA) is 44.4 Å². The van der Waals surface area contributed by atoms with E-state index in [1.807, 2.05) is 38.4 Å². The van der Waals surface area contributed by atoms with Crippen LogP contribution in [-0.2, 0) is 0 Å². The molecule has 0 aliphatic rings. The number of carbonyl (C=O) groups excluding carboxylic acids is 1. The number of amides is 2. The van der Waals surface area contributed by atoms with Gasteiger partial charge in [-0.05, 0) is 37.2 Å². The van der Waals surface area contributed by atoms with Crippen molar-refractivity contribution >= 4 is 17.8 Å². The van der Waals surface area contributed by atoms with Crippen molar-refractivity contribution in [1.82, 2.24) is 10.2 Å². The van der Waals surface area contributed by atoms with Gasteiger partial charge in [-0.15, -0.1) is 0 Å². The molecule has 1 rings (SSSR count). The molecule has 0 aliphatic carbocycles. The Bertz CT molecular complexity index is 449. The third-order valence-electron chi connectivity index (χ3n) is 2.88. The fraction of sp³-hybridized carbons (Fsp3) is 0.438. The molecule has 4 nitrogen and oxygen atoms in total. The number of nitrogens with zero attached hydrogens (tertiary/aromatic N) is 1. The number of urea groups is 1. The normalized spacial score (nSPS) is 11.2. The molecule has 20 heavy (non-hydrogen) atoms. The molecule has 0 fully saturated rings. The molecule has 0 saturated carbocycles. The molecule has 0 saturated heterocycles. The molecular formula is C16H25N3O. The fourth-order valence-electron chi connectivity index (χ4n) is 2.11. The maximum atomic E-state index is 11.8. The zero-order valence-corrected chi connectivity index (χ0v) is 12.9. The van der Waals surface area contributed by atoms with Crippen LogP contribution in [0.5, 0.6) is 0 Å². The summed E-state index contributed by atoms with van der Waals surface area (Å²) in [5.74, 6) is 0. The van der Waals surface area contributed by atoms with Crippen molar-refractivity contribution in [3.05, 3.63) is 36.4 Å². The van der Waals surface area contributed by atoms with Gasteiger partial charge in [-0.2, -0.15) is 0 Å². The van der Waals surface area contributed by atoms with Gasteiger partial charge in [0, 0.05) is 18.8 Å². The van der Waals surface area contributed by atoms with Gasteiger partial charge in [-0.1, -0.05) is 38.6 Å². The van der Waals surface area contributed by atoms with Gasteiger partial charge in [0.15, 0.2) is 0 Å². The minimum Gasteiger partial charge on any atom is -0.337 e. The van der Waals surface area contributed by atoms with Crippen LogP contribution < -0.4 is 10.6 Å². The van der Waals surface area contributed by atoms with Crippen LogP contribution in [-0.4, -0.2) is 38.1 Å². The summed E-state index contributed by atoms with van der Waals surface area (Å²) in [7, 11) is 4.06. The molecular weight excluding hydrogens is 250 g/mol. The number of benzene rings is 1. The van der Waals surface area contributed by atoms with Gasteiger partial charge in [0.25, 0.3) is 0 Å². The van der Waals surface area contributed by atoms with Crippen LogP contribution in [0.1, 0.15) is 19.4 Å². The summed E-state index contributed by atoms with van der Waals surface area (Å²) >= 11 is 0. The van der Waals surface area contributed by atoms with E-state index in [4.69, 9.17) is 0 Å². The predicted molar refractivity (Wildman–Crippen MR) is 85.9 cm³/mol. The second kappa shape index (κ2) is 7.10. The molecule has 0 bridgehead atoms. The summed E-state index contributed by atoms with van der Waals surface area (Å²) in [5, 5.41) is 5.73. The van der Waals surface area contributed by atoms with Crippen molar-refractivity contribution < 1.29 is 4.79 Å². The van der Waals surface area contributed by atoms with Crippen LogP contribution in [0, 0.1) is 5.41 Å². The zero-order chi connectivity index (χ0) is 15.2. The summed E-state index contributed by atoms with van der Waals surface area (Å²) in [6, 6.07) is 7.38. The smallest absolute Gasteiger partial charge is 0.319 e. The van der Waals surface area contributed by atoms with Crippen molar-refractivity contribution in [2.45, 2.75) is 13.8 Å². The lowest BCUT2D eigenvalue weighted by Crippen LogP contribution is -2.41. The standard InChI is InChI=1S/C16H25N3O/c1-6-13-7-9-14(10-8-13)18-15(20)17-11-16(2,3)12-19(4)5/h6-10H,1,11-12H2,2-5H3,(H2,17,18,20). The zero-order valence-electron chi connectivity index (χ0n) is 12.9. The highest BCUT2D eigenvalue weighted by Crippen LogP contribution is 2.14. The number of rotatable bonds is 6. The fourth-order valence-corrected chi connectivity index (χ4v) is 2.11. The number of hydrogen-bond acceptors (Lipinski definition) is 2. The Morgan fingerprint density at radius 3 is 2.40 bits per heavy atom. The van der Waals surface area contributed by atoms with Crippen LogP contribution in [0.4, 0.5) is 10.5 Å². The van der Waals surface area contributed by atoms with E-state index in [-0.39, 0.29) is 11.4 Å². The Kier molecular flexibility index (Phi) is 5.77. The second-order valence-electron chi connectivity index (χ2n) is 6.04. The van der Waals surface area contributed by atoms with Crippen molar-refractivity contribution in [1.29, 1.82) is 0 Å². The molecule has 0 spiro atoms. The Morgan fingerprint density at radius 2 is 1.90 bits per heavy atom. The van der Waals surface area contributed by atoms with Crippen LogP contribution in [0.3, 0.4) is 0 Å². The lowest BCUT2D eigenvalue weighted by molar-refractivity contribution is 0.222. The lowest BCUT2D eigenvalue weighted by Gasteiger charge is -2.28. The molecule has 0 heterocycles. The summed E-state index contributed by atoms with van der Waals surface area (Å²) < 4.78 is 0. The highest BCUT2D eigenvalue weighted by molar-refractivity contribution is 5.89. The third kappa shape index (κ3) is 5.89. The van der Waals surface area contributed by atoms with Crippen LogP contribution >= 0.6 is 0 Å². The first kappa shape index (κ1) is 16.2. The van der Waals surface area contributed by atoms with Gasteiger partial charge >= 0.3 is 6.03 Å². The number of anilines is 1. The highest BCUT2D eigenvalue weighted by Gasteiger charge is 2.19. The van der Waals surface area contributed by atoms with Crippen LogP contribution in [0.15, 0.2) is 30.8 Å². The van der Waals surface area contributed by atoms with Gasteiger partial charge < -0.3 is 15.5 Å². The SMILES string of the molecule is C=Cc1ccc(NC(=O)NCC(C)(C)CN(C)C)cc1. The maximum absolute atomic E-state index is 11.8. The molecule has 1 aromatic rings. The average Bonchev–Trinajstić information content (AvgIpc) is 2.36. The molecule has 0 atom stereocenters. The second-order valence-corrected chi connectivity index (χ2v) is 6.04. The van der Waals surface area contributed by atoms with E-state index < -0.39 is 0 Å². The molecule has 110 valence electrons. The van der Waals surface area contributed by atoms with E-state index in [9.17, 15) is 4.79 Å². The first-order valence-electron chi connectivity index (χ1n) is 6.74. The molecule has 2 N–H and O–H groups in total. The Morgan fingerprint density at radius 1 is 1.30 bits per heavy atom. The van der Waals surface area contributed by atoms with Crippen molar-refractivity contribution in [2.75, 3.05) is 32.5 Å². The Labute approximate surface area is 121 Å². The minimum atomic E-state index is -0.178. The van der Waals surface area contributed by atoms with Crippen molar-refractivity contribution in [2.24, 2.45) is 5.41 Å². The molecule has 1 aromatic carbocycles. The van der Waals surface area contributed by atoms with Crippen LogP contribution in [0.2, 0.25) is 0 Å². The van der Waals surface area contributed by atoms with Gasteiger partial charge in [-0.25, -0.2) is 4.79 Å². The van der Waals surface area contributed by atoms with Gasteiger partial charge in [0.2, 0.25) is 0 Å². The van der Waals surface area contributed by atoms with Gasteiger partial charge in [0.1, 0.15) is 0 Å². The Balaban J connectivity index is 2.45. The average molecular weight is 275 g/mol. The van der Waals surface area contributed by atoms with Crippen molar-refractivity contribution in [3.8, 4) is 0 Å². The van der Waals surface area contributed by atoms with E-state index >= 15 is 0 Å². The summed E-state index contributed by atoms with van der Waals surface area (Å²) in [5.41, 5.74) is 1.84. The lowest BCUT2D eigenvalue weighted by atomic mass is 9.93. The highest BCUT2D eigenvalue weighted by atomic mass is 16.2. The predicted octanol–water partition coefficient (Wildman–Crippen LogP) is 3.04. The van der Waals surface area contributed by atoms with Gasteiger partial charge in [-0.3, -0.25) is 0 Å². The summed E-state index contributed by atoms with van der Waals surface area (Å²) in [6.07, 6.45) is 1.77. The molecule has 4 heteroatoms. The molecule has 2 amide bonds. The van der Waals surface area contributed by atoms with Crippen molar-refractivity contribution in [3.63, 3.8) is 0 Å². The molecule has 0 unspecified atom stereocenters. The monoisotopic (exact) mass is 275 g/mol. The first-order valence-corrected chi connectivity index (χ1v) is 6.74. The van der Waals surface area contributed by atoms with E-state index in [0.717, 1.165) is 17.8 Å². The maximum Gasteiger partial charge on any atom is 0.319 e. The largest absolute Gasteiger partial charge is 0.337 e. The molecule has 0 aromatic heterocycles. The summed E-state index contributed by atoms with van der Waals surface area (Å²) in [4.78, 5) is 14.0. The number of hydrogen-bond donors (Lipinski definition) is 2. The quantitative estimate of drug-likeness (QED) is 0.838. The number of carbonyl (C=O) groups is 1. The third-order valence-corrected chi connectivity index (χ3v) is 2.88. The van der Waals surface area contributed by atoms with E-state index in [2.05, 4.69) is 36.0 Å². The molecule has 0 aliphatic heterocycles. The van der Waals surface area contributed by atoms with Gasteiger partial charge in [0.05, 0.1) is 0 Å². The summed E-state index contributed by atoms with van der Waals surface area (Å²) in [6.45, 7) is 9.50. The molecule has 0 radical (unpaired) electrons.